The number of anilines is 1. The molecule has 1 N–H and O–H groups in total. The summed E-state index contributed by atoms with van der Waals surface area (Å²) in [4.78, 5) is 0.167. The van der Waals surface area contributed by atoms with Crippen LogP contribution in [0.2, 0.25) is 5.02 Å². The zero-order valence-corrected chi connectivity index (χ0v) is 13.6. The molecule has 0 amide bonds. The Bertz CT molecular complexity index is 734. The third kappa shape index (κ3) is 3.45. The van der Waals surface area contributed by atoms with E-state index >= 15 is 0 Å². The molecule has 0 aromatic heterocycles. The second-order valence-corrected chi connectivity index (χ2v) is 6.92. The molecule has 2 rings (SSSR count). The van der Waals surface area contributed by atoms with Gasteiger partial charge in [-0.05, 0) is 30.3 Å². The lowest BCUT2D eigenvalue weighted by Gasteiger charge is -2.10. The fourth-order valence-corrected chi connectivity index (χ4v) is 3.41. The highest BCUT2D eigenvalue weighted by Gasteiger charge is 2.15. The third-order valence-corrected chi connectivity index (χ3v) is 4.69. The molecular formula is C13H11BrClNO3S. The van der Waals surface area contributed by atoms with Crippen LogP contribution in [0.5, 0.6) is 5.75 Å². The van der Waals surface area contributed by atoms with Gasteiger partial charge in [0.2, 0.25) is 0 Å². The molecule has 0 atom stereocenters. The molecule has 0 aliphatic carbocycles. The Hall–Kier alpha value is -1.24. The van der Waals surface area contributed by atoms with Crippen molar-refractivity contribution in [3.63, 3.8) is 0 Å². The van der Waals surface area contributed by atoms with Crippen LogP contribution < -0.4 is 9.46 Å². The highest BCUT2D eigenvalue weighted by molar-refractivity contribution is 9.10. The normalized spacial score (nSPS) is 11.2. The molecular weight excluding hydrogens is 366 g/mol. The van der Waals surface area contributed by atoms with Crippen molar-refractivity contribution in [1.82, 2.24) is 0 Å². The number of methoxy groups -OCH3 is 1. The van der Waals surface area contributed by atoms with Gasteiger partial charge in [-0.15, -0.1) is 0 Å². The lowest BCUT2D eigenvalue weighted by atomic mass is 10.3. The molecule has 0 bridgehead atoms. The van der Waals surface area contributed by atoms with E-state index in [0.29, 0.717) is 20.9 Å². The summed E-state index contributed by atoms with van der Waals surface area (Å²) in [5, 5.41) is 0.415. The van der Waals surface area contributed by atoms with Crippen LogP contribution >= 0.6 is 27.5 Å². The predicted molar refractivity (Wildman–Crippen MR) is 83.0 cm³/mol. The van der Waals surface area contributed by atoms with Crippen molar-refractivity contribution in [2.75, 3.05) is 11.8 Å². The highest BCUT2D eigenvalue weighted by atomic mass is 79.9. The van der Waals surface area contributed by atoms with Crippen molar-refractivity contribution >= 4 is 43.2 Å². The van der Waals surface area contributed by atoms with E-state index in [-0.39, 0.29) is 4.90 Å². The van der Waals surface area contributed by atoms with Crippen molar-refractivity contribution < 1.29 is 13.2 Å². The van der Waals surface area contributed by atoms with Gasteiger partial charge in [-0.1, -0.05) is 33.6 Å². The summed E-state index contributed by atoms with van der Waals surface area (Å²) >= 11 is 9.14. The number of hydrogen-bond donors (Lipinski definition) is 1. The SMILES string of the molecule is COc1cc(NS(=O)(=O)c2cccc(Br)c2)ccc1Cl. The van der Waals surface area contributed by atoms with Crippen LogP contribution in [-0.2, 0) is 10.0 Å². The van der Waals surface area contributed by atoms with Crippen molar-refractivity contribution in [2.45, 2.75) is 4.90 Å². The standard InChI is InChI=1S/C13H11BrClNO3S/c1-19-13-8-10(5-6-12(13)15)16-20(17,18)11-4-2-3-9(14)7-11/h2-8,16H,1H3. The fraction of sp³-hybridized carbons (Fsp3) is 0.0769. The molecule has 0 unspecified atom stereocenters. The topological polar surface area (TPSA) is 55.4 Å². The molecule has 0 radical (unpaired) electrons. The zero-order chi connectivity index (χ0) is 14.8. The van der Waals surface area contributed by atoms with Crippen LogP contribution in [-0.4, -0.2) is 15.5 Å². The van der Waals surface area contributed by atoms with E-state index < -0.39 is 10.0 Å². The highest BCUT2D eigenvalue weighted by Crippen LogP contribution is 2.28. The van der Waals surface area contributed by atoms with Crippen LogP contribution in [0.4, 0.5) is 5.69 Å². The molecule has 0 spiro atoms. The minimum atomic E-state index is -3.65. The van der Waals surface area contributed by atoms with Crippen LogP contribution in [0.1, 0.15) is 0 Å². The number of sulfonamides is 1. The second kappa shape index (κ2) is 6.03. The van der Waals surface area contributed by atoms with E-state index in [1.165, 1.54) is 25.3 Å². The van der Waals surface area contributed by atoms with E-state index in [4.69, 9.17) is 16.3 Å². The first-order valence-corrected chi connectivity index (χ1v) is 8.20. The predicted octanol–water partition coefficient (Wildman–Crippen LogP) is 3.91. The first-order chi connectivity index (χ1) is 9.42. The number of rotatable bonds is 4. The van der Waals surface area contributed by atoms with Crippen LogP contribution in [0, 0.1) is 0 Å². The average Bonchev–Trinajstić information content (AvgIpc) is 2.40. The van der Waals surface area contributed by atoms with Gasteiger partial charge in [0.05, 0.1) is 22.7 Å². The lowest BCUT2D eigenvalue weighted by Crippen LogP contribution is -2.12. The lowest BCUT2D eigenvalue weighted by molar-refractivity contribution is 0.415. The van der Waals surface area contributed by atoms with Crippen molar-refractivity contribution in [1.29, 1.82) is 0 Å². The molecule has 0 fully saturated rings. The molecule has 4 nitrogen and oxygen atoms in total. The van der Waals surface area contributed by atoms with E-state index in [0.717, 1.165) is 0 Å². The largest absolute Gasteiger partial charge is 0.495 e. The Morgan fingerprint density at radius 2 is 1.95 bits per heavy atom. The molecule has 7 heteroatoms. The number of ether oxygens (including phenoxy) is 1. The van der Waals surface area contributed by atoms with E-state index in [9.17, 15) is 8.42 Å². The molecule has 106 valence electrons. The van der Waals surface area contributed by atoms with Gasteiger partial charge >= 0.3 is 0 Å². The molecule has 2 aromatic rings. The smallest absolute Gasteiger partial charge is 0.261 e. The van der Waals surface area contributed by atoms with Gasteiger partial charge in [0, 0.05) is 10.5 Å². The van der Waals surface area contributed by atoms with Crippen molar-refractivity contribution in [3.05, 3.63) is 52.0 Å². The molecule has 20 heavy (non-hydrogen) atoms. The Morgan fingerprint density at radius 3 is 2.60 bits per heavy atom. The molecule has 0 saturated heterocycles. The van der Waals surface area contributed by atoms with Gasteiger partial charge in [0.1, 0.15) is 5.75 Å². The maximum atomic E-state index is 12.2. The van der Waals surface area contributed by atoms with Crippen LogP contribution in [0.15, 0.2) is 51.8 Å². The summed E-state index contributed by atoms with van der Waals surface area (Å²) in [5.41, 5.74) is 0.381. The monoisotopic (exact) mass is 375 g/mol. The number of halogens is 2. The Balaban J connectivity index is 2.33. The van der Waals surface area contributed by atoms with Crippen molar-refractivity contribution in [2.24, 2.45) is 0 Å². The minimum absolute atomic E-state index is 0.167. The number of benzene rings is 2. The number of hydrogen-bond acceptors (Lipinski definition) is 3. The van der Waals surface area contributed by atoms with E-state index in [1.54, 1.807) is 24.3 Å². The summed E-state index contributed by atoms with van der Waals surface area (Å²) < 4.78 is 32.7. The number of nitrogens with one attached hydrogen (secondary N) is 1. The van der Waals surface area contributed by atoms with Gasteiger partial charge in [0.25, 0.3) is 10.0 Å². The Kier molecular flexibility index (Phi) is 4.57. The second-order valence-electron chi connectivity index (χ2n) is 3.91. The van der Waals surface area contributed by atoms with E-state index in [2.05, 4.69) is 20.7 Å². The summed E-state index contributed by atoms with van der Waals surface area (Å²) in [6.45, 7) is 0. The summed E-state index contributed by atoms with van der Waals surface area (Å²) in [7, 11) is -2.19. The first kappa shape index (κ1) is 15.2. The van der Waals surface area contributed by atoms with Gasteiger partial charge in [-0.25, -0.2) is 8.42 Å². The van der Waals surface area contributed by atoms with Gasteiger partial charge in [-0.2, -0.15) is 0 Å². The van der Waals surface area contributed by atoms with E-state index in [1.807, 2.05) is 0 Å². The quantitative estimate of drug-likeness (QED) is 0.880. The Morgan fingerprint density at radius 1 is 1.20 bits per heavy atom. The van der Waals surface area contributed by atoms with Crippen molar-refractivity contribution in [3.8, 4) is 5.75 Å². The molecule has 0 aliphatic heterocycles. The Labute approximate surface area is 130 Å². The fourth-order valence-electron chi connectivity index (χ4n) is 1.57. The summed E-state index contributed by atoms with van der Waals surface area (Å²) in [5.74, 6) is 0.404. The maximum Gasteiger partial charge on any atom is 0.261 e. The minimum Gasteiger partial charge on any atom is -0.495 e. The molecule has 2 aromatic carbocycles. The van der Waals surface area contributed by atoms with Crippen LogP contribution in [0.25, 0.3) is 0 Å². The van der Waals surface area contributed by atoms with Gasteiger partial charge in [-0.3, -0.25) is 4.72 Å². The van der Waals surface area contributed by atoms with Gasteiger partial charge in [0.15, 0.2) is 0 Å². The third-order valence-electron chi connectivity index (χ3n) is 2.51. The summed E-state index contributed by atoms with van der Waals surface area (Å²) in [6.07, 6.45) is 0. The maximum absolute atomic E-state index is 12.2. The first-order valence-electron chi connectivity index (χ1n) is 5.54. The van der Waals surface area contributed by atoms with Gasteiger partial charge < -0.3 is 4.74 Å². The molecule has 0 heterocycles. The van der Waals surface area contributed by atoms with Crippen LogP contribution in [0.3, 0.4) is 0 Å². The average molecular weight is 377 g/mol. The zero-order valence-electron chi connectivity index (χ0n) is 10.4. The summed E-state index contributed by atoms with van der Waals surface area (Å²) in [6, 6.07) is 11.1. The molecule has 0 aliphatic rings. The molecule has 0 saturated carbocycles.